The largest absolute Gasteiger partial charge is 0.443 e. The van der Waals surface area contributed by atoms with Crippen LogP contribution in [0.3, 0.4) is 0 Å². The maximum absolute atomic E-state index is 16.3. The molecule has 0 aliphatic carbocycles. The standard InChI is InChI=1S/C30H35F3N6O5S/c1-18-23(15-19(31)16-35-18)45(41,42)36-22-12-11-21(32)26(25(22)33)38(28(40)44-29(2,3)4)17-30(5)20-9-8-13-34-27(20)39(37-30)24-10-6-7-14-43-24/h8-9,11-13,15-16,24,36-37H,6-7,10,14,17H2,1-5H3. The molecule has 242 valence electrons. The zero-order chi connectivity index (χ0) is 32.7. The van der Waals surface area contributed by atoms with Crippen LogP contribution < -0.4 is 20.1 Å². The number of benzene rings is 1. The van der Waals surface area contributed by atoms with Crippen LogP contribution in [0.25, 0.3) is 0 Å². The zero-order valence-electron chi connectivity index (χ0n) is 25.5. The number of amides is 1. The Morgan fingerprint density at radius 2 is 1.98 bits per heavy atom. The van der Waals surface area contributed by atoms with Gasteiger partial charge >= 0.3 is 6.09 Å². The van der Waals surface area contributed by atoms with Gasteiger partial charge in [-0.15, -0.1) is 0 Å². The Hall–Kier alpha value is -3.95. The average Bonchev–Trinajstić information content (AvgIpc) is 3.27. The Balaban J connectivity index is 1.56. The summed E-state index contributed by atoms with van der Waals surface area (Å²) >= 11 is 0. The van der Waals surface area contributed by atoms with Crippen molar-refractivity contribution in [3.63, 3.8) is 0 Å². The lowest BCUT2D eigenvalue weighted by molar-refractivity contribution is 0.00527. The molecule has 1 fully saturated rings. The van der Waals surface area contributed by atoms with Crippen LogP contribution in [-0.2, 0) is 25.0 Å². The first-order valence-electron chi connectivity index (χ1n) is 14.4. The van der Waals surface area contributed by atoms with Gasteiger partial charge in [-0.05, 0) is 78.1 Å². The van der Waals surface area contributed by atoms with Crippen LogP contribution in [0.4, 0.5) is 35.2 Å². The van der Waals surface area contributed by atoms with E-state index in [9.17, 15) is 17.6 Å². The highest BCUT2D eigenvalue weighted by Gasteiger charge is 2.46. The number of aryl methyl sites for hydroxylation is 1. The first-order valence-corrected chi connectivity index (χ1v) is 15.9. The predicted molar refractivity (Wildman–Crippen MR) is 160 cm³/mol. The van der Waals surface area contributed by atoms with Crippen LogP contribution in [0.1, 0.15) is 58.2 Å². The van der Waals surface area contributed by atoms with Crippen LogP contribution in [0.2, 0.25) is 0 Å². The quantitative estimate of drug-likeness (QED) is 0.341. The summed E-state index contributed by atoms with van der Waals surface area (Å²) in [5, 5.41) is 1.76. The van der Waals surface area contributed by atoms with Crippen LogP contribution in [-0.4, -0.2) is 49.5 Å². The minimum absolute atomic E-state index is 0.0407. The zero-order valence-corrected chi connectivity index (χ0v) is 26.3. The van der Waals surface area contributed by atoms with Crippen LogP contribution in [0.5, 0.6) is 0 Å². The molecule has 0 saturated carbocycles. The number of fused-ring (bicyclic) bond motifs is 1. The number of hydrogen-bond acceptors (Lipinski definition) is 9. The third-order valence-electron chi connectivity index (χ3n) is 7.39. The summed E-state index contributed by atoms with van der Waals surface area (Å²) in [7, 11) is -4.58. The second kappa shape index (κ2) is 12.1. The molecule has 5 rings (SSSR count). The van der Waals surface area contributed by atoms with Gasteiger partial charge < -0.3 is 9.47 Å². The van der Waals surface area contributed by atoms with Crippen molar-refractivity contribution >= 4 is 33.3 Å². The molecule has 2 aliphatic heterocycles. The van der Waals surface area contributed by atoms with E-state index in [4.69, 9.17) is 9.47 Å². The molecule has 2 aliphatic rings. The van der Waals surface area contributed by atoms with E-state index in [1.807, 2.05) is 4.72 Å². The fourth-order valence-corrected chi connectivity index (χ4v) is 6.62. The van der Waals surface area contributed by atoms with Crippen LogP contribution in [0, 0.1) is 24.4 Å². The number of hydrazine groups is 1. The summed E-state index contributed by atoms with van der Waals surface area (Å²) in [4.78, 5) is 22.2. The third-order valence-corrected chi connectivity index (χ3v) is 8.87. The number of ether oxygens (including phenoxy) is 2. The van der Waals surface area contributed by atoms with Gasteiger partial charge in [0.05, 0.1) is 29.7 Å². The second-order valence-corrected chi connectivity index (χ2v) is 13.8. The SMILES string of the molecule is Cc1ncc(F)cc1S(=O)(=O)Nc1ccc(F)c(N(CC2(C)NN(C3CCCCO3)c3ncccc32)C(=O)OC(C)(C)C)c1F. The van der Waals surface area contributed by atoms with Crippen LogP contribution in [0.15, 0.2) is 47.6 Å². The minimum atomic E-state index is -4.58. The number of sulfonamides is 1. The van der Waals surface area contributed by atoms with Crippen molar-refractivity contribution in [1.29, 1.82) is 0 Å². The minimum Gasteiger partial charge on any atom is -0.443 e. The van der Waals surface area contributed by atoms with E-state index < -0.39 is 61.0 Å². The lowest BCUT2D eigenvalue weighted by atomic mass is 9.93. The molecule has 2 aromatic heterocycles. The first kappa shape index (κ1) is 32.4. The summed E-state index contributed by atoms with van der Waals surface area (Å²) in [6.07, 6.45) is 3.56. The molecule has 1 aromatic carbocycles. The lowest BCUT2D eigenvalue weighted by Crippen LogP contribution is -2.56. The number of nitrogens with zero attached hydrogens (tertiary/aromatic N) is 4. The molecule has 45 heavy (non-hydrogen) atoms. The first-order chi connectivity index (χ1) is 21.1. The summed E-state index contributed by atoms with van der Waals surface area (Å²) in [5.74, 6) is -2.91. The van der Waals surface area contributed by atoms with Gasteiger partial charge in [0.15, 0.2) is 5.82 Å². The Kier molecular flexibility index (Phi) is 8.72. The molecule has 15 heteroatoms. The van der Waals surface area contributed by atoms with Crippen molar-refractivity contribution in [2.45, 2.75) is 76.1 Å². The molecular weight excluding hydrogens is 613 g/mol. The molecule has 3 aromatic rings. The van der Waals surface area contributed by atoms with E-state index in [1.165, 1.54) is 6.92 Å². The van der Waals surface area contributed by atoms with E-state index in [2.05, 4.69) is 15.4 Å². The van der Waals surface area contributed by atoms with Gasteiger partial charge in [0.25, 0.3) is 10.0 Å². The summed E-state index contributed by atoms with van der Waals surface area (Å²) in [5.41, 5.74) is 0.219. The molecule has 2 N–H and O–H groups in total. The number of rotatable bonds is 7. The van der Waals surface area contributed by atoms with Gasteiger partial charge in [-0.2, -0.15) is 0 Å². The molecule has 1 saturated heterocycles. The molecule has 0 bridgehead atoms. The maximum atomic E-state index is 16.3. The molecule has 2 unspecified atom stereocenters. The van der Waals surface area contributed by atoms with Crippen molar-refractivity contribution in [2.24, 2.45) is 0 Å². The lowest BCUT2D eigenvalue weighted by Gasteiger charge is -2.37. The number of aromatic nitrogens is 2. The fourth-order valence-electron chi connectivity index (χ4n) is 5.35. The highest BCUT2D eigenvalue weighted by atomic mass is 32.2. The Bertz CT molecular complexity index is 1710. The number of anilines is 3. The fraction of sp³-hybridized carbons (Fsp3) is 0.433. The number of hydrogen-bond donors (Lipinski definition) is 2. The van der Waals surface area contributed by atoms with E-state index in [0.717, 1.165) is 42.1 Å². The van der Waals surface area contributed by atoms with Gasteiger partial charge in [0, 0.05) is 18.4 Å². The van der Waals surface area contributed by atoms with E-state index in [0.29, 0.717) is 24.4 Å². The molecule has 4 heterocycles. The Morgan fingerprint density at radius 3 is 2.67 bits per heavy atom. The van der Waals surface area contributed by atoms with E-state index in [1.54, 1.807) is 51.0 Å². The summed E-state index contributed by atoms with van der Waals surface area (Å²) in [6.45, 7) is 8.09. The highest BCUT2D eigenvalue weighted by Crippen LogP contribution is 2.41. The van der Waals surface area contributed by atoms with Crippen molar-refractivity contribution in [1.82, 2.24) is 15.4 Å². The van der Waals surface area contributed by atoms with Crippen molar-refractivity contribution in [3.05, 3.63) is 71.4 Å². The predicted octanol–water partition coefficient (Wildman–Crippen LogP) is 5.51. The van der Waals surface area contributed by atoms with Gasteiger partial charge in [-0.3, -0.25) is 19.6 Å². The van der Waals surface area contributed by atoms with Gasteiger partial charge in [0.2, 0.25) is 0 Å². The monoisotopic (exact) mass is 648 g/mol. The number of nitrogens with one attached hydrogen (secondary N) is 2. The van der Waals surface area contributed by atoms with Crippen molar-refractivity contribution in [2.75, 3.05) is 27.8 Å². The number of halogens is 3. The van der Waals surface area contributed by atoms with E-state index >= 15 is 8.78 Å². The molecule has 0 spiro atoms. The van der Waals surface area contributed by atoms with E-state index in [-0.39, 0.29) is 18.5 Å². The average molecular weight is 649 g/mol. The van der Waals surface area contributed by atoms with Crippen LogP contribution >= 0.6 is 0 Å². The highest BCUT2D eigenvalue weighted by molar-refractivity contribution is 7.92. The maximum Gasteiger partial charge on any atom is 0.415 e. The topological polar surface area (TPSA) is 126 Å². The molecule has 0 radical (unpaired) electrons. The molecule has 2 atom stereocenters. The molecule has 1 amide bonds. The number of carbonyl (C=O) groups excluding carboxylic acids is 1. The normalized spacial score (nSPS) is 20.1. The Labute approximate surface area is 259 Å². The Morgan fingerprint density at radius 1 is 1.22 bits per heavy atom. The van der Waals surface area contributed by atoms with Crippen molar-refractivity contribution < 1.29 is 35.9 Å². The van der Waals surface area contributed by atoms with Gasteiger partial charge in [-0.25, -0.2) is 36.8 Å². The molecular formula is C30H35F3N6O5S. The third kappa shape index (κ3) is 6.70. The summed E-state index contributed by atoms with van der Waals surface area (Å²) in [6, 6.07) is 5.93. The second-order valence-electron chi connectivity index (χ2n) is 12.2. The smallest absolute Gasteiger partial charge is 0.415 e. The molecule has 11 nitrogen and oxygen atoms in total. The van der Waals surface area contributed by atoms with Gasteiger partial charge in [-0.1, -0.05) is 6.07 Å². The van der Waals surface area contributed by atoms with Gasteiger partial charge in [0.1, 0.15) is 39.9 Å². The summed E-state index contributed by atoms with van der Waals surface area (Å²) < 4.78 is 85.7. The number of carbonyl (C=O) groups is 1. The van der Waals surface area contributed by atoms with Crippen molar-refractivity contribution in [3.8, 4) is 0 Å². The number of pyridine rings is 2.